The van der Waals surface area contributed by atoms with Gasteiger partial charge in [0.2, 0.25) is 5.91 Å². The van der Waals surface area contributed by atoms with Crippen LogP contribution in [0.5, 0.6) is 11.5 Å². The third kappa shape index (κ3) is 4.11. The van der Waals surface area contributed by atoms with Crippen LogP contribution < -0.4 is 20.9 Å². The molecule has 1 amide bonds. The normalized spacial score (nSPS) is 19.7. The van der Waals surface area contributed by atoms with Crippen LogP contribution in [0.25, 0.3) is 11.1 Å². The van der Waals surface area contributed by atoms with Crippen LogP contribution in [0.3, 0.4) is 0 Å². The summed E-state index contributed by atoms with van der Waals surface area (Å²) in [6.07, 6.45) is -0.875. The van der Waals surface area contributed by atoms with E-state index in [4.69, 9.17) is 32.5 Å². The summed E-state index contributed by atoms with van der Waals surface area (Å²) in [7, 11) is 0. The van der Waals surface area contributed by atoms with Crippen LogP contribution in [0.1, 0.15) is 41.3 Å². The molecule has 3 aromatic rings. The van der Waals surface area contributed by atoms with Crippen molar-refractivity contribution >= 4 is 17.5 Å². The molecule has 6 nitrogen and oxygen atoms in total. The van der Waals surface area contributed by atoms with Gasteiger partial charge in [0, 0.05) is 35.2 Å². The van der Waals surface area contributed by atoms with Crippen molar-refractivity contribution in [2.24, 2.45) is 11.5 Å². The molecule has 3 atom stereocenters. The van der Waals surface area contributed by atoms with Gasteiger partial charge >= 0.3 is 0 Å². The Hall–Kier alpha value is -3.20. The van der Waals surface area contributed by atoms with Gasteiger partial charge in [0.05, 0.1) is 16.7 Å². The van der Waals surface area contributed by atoms with Gasteiger partial charge in [0.1, 0.15) is 18.2 Å². The second-order valence-corrected chi connectivity index (χ2v) is 8.95. The molecule has 35 heavy (non-hydrogen) atoms. The third-order valence-corrected chi connectivity index (χ3v) is 6.68. The summed E-state index contributed by atoms with van der Waals surface area (Å²) >= 11 is 6.43. The lowest BCUT2D eigenvalue weighted by Gasteiger charge is -2.32. The average molecular weight is 503 g/mol. The summed E-state index contributed by atoms with van der Waals surface area (Å²) in [5.41, 5.74) is 11.2. The monoisotopic (exact) mass is 502 g/mol. The number of rotatable bonds is 7. The van der Waals surface area contributed by atoms with E-state index < -0.39 is 40.2 Å². The van der Waals surface area contributed by atoms with Gasteiger partial charge in [0.15, 0.2) is 17.2 Å². The van der Waals surface area contributed by atoms with Crippen molar-refractivity contribution in [1.82, 2.24) is 0 Å². The number of benzene rings is 3. The summed E-state index contributed by atoms with van der Waals surface area (Å²) in [6.45, 7) is 3.13. The van der Waals surface area contributed by atoms with Crippen molar-refractivity contribution in [2.45, 2.75) is 31.5 Å². The molecule has 1 aliphatic heterocycles. The molecule has 3 aromatic carbocycles. The first-order valence-electron chi connectivity index (χ1n) is 11.0. The van der Waals surface area contributed by atoms with Gasteiger partial charge in [-0.3, -0.25) is 4.79 Å². The minimum atomic E-state index is -1.08. The molecule has 0 aromatic heterocycles. The average Bonchev–Trinajstić information content (AvgIpc) is 3.11. The summed E-state index contributed by atoms with van der Waals surface area (Å²) < 4.78 is 42.6. The lowest BCUT2D eigenvalue weighted by Crippen LogP contribution is -2.41. The number of fused-ring (bicyclic) bond motifs is 1. The molecule has 0 saturated carbocycles. The molecule has 0 fully saturated rings. The highest BCUT2D eigenvalue weighted by Gasteiger charge is 2.49. The van der Waals surface area contributed by atoms with E-state index in [9.17, 15) is 9.90 Å². The van der Waals surface area contributed by atoms with Gasteiger partial charge in [-0.2, -0.15) is 0 Å². The lowest BCUT2D eigenvalue weighted by molar-refractivity contribution is 0.0800. The van der Waals surface area contributed by atoms with E-state index in [1.165, 1.54) is 19.1 Å². The fourth-order valence-corrected chi connectivity index (χ4v) is 4.84. The maximum Gasteiger partial charge on any atom is 0.249 e. The van der Waals surface area contributed by atoms with E-state index >= 15 is 8.78 Å². The molecule has 184 valence electrons. The highest BCUT2D eigenvalue weighted by Crippen LogP contribution is 2.56. The van der Waals surface area contributed by atoms with Crippen LogP contribution in [0.2, 0.25) is 5.02 Å². The lowest BCUT2D eigenvalue weighted by atomic mass is 9.77. The Morgan fingerprint density at radius 3 is 2.51 bits per heavy atom. The number of aliphatic hydroxyl groups excluding tert-OH is 1. The van der Waals surface area contributed by atoms with E-state index in [-0.39, 0.29) is 41.3 Å². The number of amides is 1. The third-order valence-electron chi connectivity index (χ3n) is 6.31. The highest BCUT2D eigenvalue weighted by atomic mass is 35.5. The number of hydrogen-bond donors (Lipinski definition) is 3. The number of ether oxygens (including phenoxy) is 2. The van der Waals surface area contributed by atoms with E-state index in [0.29, 0.717) is 5.56 Å². The van der Waals surface area contributed by atoms with E-state index in [1.54, 1.807) is 0 Å². The van der Waals surface area contributed by atoms with E-state index in [2.05, 4.69) is 0 Å². The standard InChI is InChI=1S/C26H25ClF2N2O4/c1-13(32)11-34-18-9-8-16(25(31)33)21(24(18)29)22-20-14(2)26(12-30,15-6-4-3-5-7-15)35-19(20)10-17(28)23(22)27/h3-10,13-14,32H,11-12,30H2,1-2H3,(H2,31,33)/t13?,14-,26-/m0/s1. The topological polar surface area (TPSA) is 108 Å². The maximum absolute atomic E-state index is 15.9. The molecular weight excluding hydrogens is 478 g/mol. The number of carbonyl (C=O) groups is 1. The zero-order valence-corrected chi connectivity index (χ0v) is 19.9. The second-order valence-electron chi connectivity index (χ2n) is 8.57. The van der Waals surface area contributed by atoms with Crippen molar-refractivity contribution < 1.29 is 28.2 Å². The number of primary amides is 1. The van der Waals surface area contributed by atoms with E-state index in [1.807, 2.05) is 37.3 Å². The van der Waals surface area contributed by atoms with Crippen LogP contribution in [0, 0.1) is 11.6 Å². The first kappa shape index (κ1) is 24.9. The molecule has 1 unspecified atom stereocenters. The SMILES string of the molecule is CC(O)COc1ccc(C(N)=O)c(-c2c(Cl)c(F)cc3c2[C@H](C)[C@@](CN)(c2ccccc2)O3)c1F. The maximum atomic E-state index is 15.9. The predicted octanol–water partition coefficient (Wildman–Crippen LogP) is 4.49. The fourth-order valence-electron chi connectivity index (χ4n) is 4.59. The van der Waals surface area contributed by atoms with Crippen LogP contribution >= 0.6 is 11.6 Å². The molecule has 9 heteroatoms. The first-order chi connectivity index (χ1) is 16.6. The Kier molecular flexibility index (Phi) is 6.73. The van der Waals surface area contributed by atoms with Crippen LogP contribution in [-0.4, -0.2) is 30.3 Å². The minimum Gasteiger partial charge on any atom is -0.488 e. The molecule has 0 radical (unpaired) electrons. The quantitative estimate of drug-likeness (QED) is 0.441. The zero-order chi connectivity index (χ0) is 25.5. The Morgan fingerprint density at radius 1 is 1.23 bits per heavy atom. The summed E-state index contributed by atoms with van der Waals surface area (Å²) in [4.78, 5) is 12.3. The summed E-state index contributed by atoms with van der Waals surface area (Å²) in [6, 6.07) is 12.8. The van der Waals surface area contributed by atoms with Gasteiger partial charge in [0.25, 0.3) is 0 Å². The second kappa shape index (κ2) is 9.45. The van der Waals surface area contributed by atoms with Crippen molar-refractivity contribution in [3.63, 3.8) is 0 Å². The molecule has 0 aliphatic carbocycles. The van der Waals surface area contributed by atoms with Crippen LogP contribution in [-0.2, 0) is 5.60 Å². The van der Waals surface area contributed by atoms with Gasteiger partial charge in [-0.1, -0.05) is 48.9 Å². The Morgan fingerprint density at radius 2 is 1.91 bits per heavy atom. The number of halogens is 3. The van der Waals surface area contributed by atoms with Crippen molar-refractivity contribution in [1.29, 1.82) is 0 Å². The predicted molar refractivity (Wildman–Crippen MR) is 129 cm³/mol. The molecule has 5 N–H and O–H groups in total. The molecule has 0 spiro atoms. The van der Waals surface area contributed by atoms with E-state index in [0.717, 1.165) is 11.6 Å². The number of hydrogen-bond acceptors (Lipinski definition) is 5. The smallest absolute Gasteiger partial charge is 0.249 e. The molecule has 4 rings (SSSR count). The largest absolute Gasteiger partial charge is 0.488 e. The molecular formula is C26H25ClF2N2O4. The Balaban J connectivity index is 2.00. The Bertz CT molecular complexity index is 1290. The zero-order valence-electron chi connectivity index (χ0n) is 19.1. The van der Waals surface area contributed by atoms with Crippen molar-refractivity contribution in [2.75, 3.05) is 13.2 Å². The molecule has 0 saturated heterocycles. The minimum absolute atomic E-state index is 0.0359. The van der Waals surface area contributed by atoms with Crippen LogP contribution in [0.4, 0.5) is 8.78 Å². The van der Waals surface area contributed by atoms with Crippen molar-refractivity contribution in [3.05, 3.63) is 81.9 Å². The van der Waals surface area contributed by atoms with Gasteiger partial charge in [-0.15, -0.1) is 0 Å². The summed E-state index contributed by atoms with van der Waals surface area (Å²) in [5.74, 6) is -3.39. The van der Waals surface area contributed by atoms with Crippen molar-refractivity contribution in [3.8, 4) is 22.6 Å². The molecule has 1 aliphatic rings. The molecule has 0 bridgehead atoms. The number of carbonyl (C=O) groups excluding carboxylic acids is 1. The Labute approximate surface area is 206 Å². The first-order valence-corrected chi connectivity index (χ1v) is 11.4. The summed E-state index contributed by atoms with van der Waals surface area (Å²) in [5, 5.41) is 9.15. The van der Waals surface area contributed by atoms with Gasteiger partial charge < -0.3 is 26.0 Å². The van der Waals surface area contributed by atoms with Gasteiger partial charge in [-0.05, 0) is 24.6 Å². The number of aliphatic hydroxyl groups is 1. The number of nitrogens with two attached hydrogens (primary N) is 2. The highest BCUT2D eigenvalue weighted by molar-refractivity contribution is 6.34. The van der Waals surface area contributed by atoms with Gasteiger partial charge in [-0.25, -0.2) is 8.78 Å². The van der Waals surface area contributed by atoms with Crippen LogP contribution in [0.15, 0.2) is 48.5 Å². The molecule has 1 heterocycles. The fraction of sp³-hybridized carbons (Fsp3) is 0.269.